The summed E-state index contributed by atoms with van der Waals surface area (Å²) in [5.74, 6) is 0.420. The van der Waals surface area contributed by atoms with E-state index in [1.165, 1.54) is 25.4 Å². The molecule has 4 heterocycles. The zero-order valence-corrected chi connectivity index (χ0v) is 20.8. The monoisotopic (exact) mass is 550 g/mol. The quantitative estimate of drug-likeness (QED) is 0.327. The molecule has 1 saturated heterocycles. The number of halogens is 3. The number of rotatable bonds is 8. The molecular formula is C23H25F3N8O5. The lowest BCUT2D eigenvalue weighted by molar-refractivity contribution is -0.389. The highest BCUT2D eigenvalue weighted by Gasteiger charge is 2.31. The number of hydrogen-bond acceptors (Lipinski definition) is 11. The molecule has 0 spiro atoms. The number of nitrogens with one attached hydrogen (secondary N) is 1. The van der Waals surface area contributed by atoms with Gasteiger partial charge in [-0.15, -0.1) is 13.2 Å². The number of fused-ring (bicyclic) bond motifs is 1. The number of anilines is 2. The molecule has 3 aromatic rings. The fraction of sp³-hybridized carbons (Fsp3) is 0.435. The number of benzene rings is 1. The molecule has 2 aromatic heterocycles. The van der Waals surface area contributed by atoms with Crippen molar-refractivity contribution in [2.45, 2.75) is 25.5 Å². The summed E-state index contributed by atoms with van der Waals surface area (Å²) in [6.45, 7) is 3.64. The number of hydrogen-bond donors (Lipinski definition) is 1. The molecular weight excluding hydrogens is 525 g/mol. The maximum atomic E-state index is 12.4. The Kier molecular flexibility index (Phi) is 7.28. The van der Waals surface area contributed by atoms with E-state index in [-0.39, 0.29) is 23.6 Å². The highest BCUT2D eigenvalue weighted by molar-refractivity contribution is 5.51. The van der Waals surface area contributed by atoms with E-state index in [4.69, 9.17) is 9.47 Å². The third kappa shape index (κ3) is 6.22. The normalized spacial score (nSPS) is 17.4. The lowest BCUT2D eigenvalue weighted by Gasteiger charge is -2.36. The van der Waals surface area contributed by atoms with E-state index >= 15 is 0 Å². The van der Waals surface area contributed by atoms with Crippen LogP contribution >= 0.6 is 0 Å². The molecule has 5 rings (SSSR count). The summed E-state index contributed by atoms with van der Waals surface area (Å²) in [7, 11) is 1.53. The first kappa shape index (κ1) is 26.3. The summed E-state index contributed by atoms with van der Waals surface area (Å²) in [5.41, 5.74) is 1.54. The van der Waals surface area contributed by atoms with Crippen molar-refractivity contribution in [2.75, 3.05) is 49.7 Å². The number of alkyl halides is 3. The zero-order chi connectivity index (χ0) is 27.6. The van der Waals surface area contributed by atoms with Crippen molar-refractivity contribution in [3.63, 3.8) is 0 Å². The minimum Gasteiger partial charge on any atom is -0.481 e. The molecule has 0 unspecified atom stereocenters. The second kappa shape index (κ2) is 10.8. The Morgan fingerprint density at radius 2 is 1.87 bits per heavy atom. The molecule has 1 aromatic carbocycles. The first-order valence-corrected chi connectivity index (χ1v) is 12.0. The molecule has 16 heteroatoms. The number of piperazine rings is 1. The van der Waals surface area contributed by atoms with Gasteiger partial charge in [-0.3, -0.25) is 4.57 Å². The second-order valence-corrected chi connectivity index (χ2v) is 8.90. The summed E-state index contributed by atoms with van der Waals surface area (Å²) in [5, 5.41) is 14.3. The molecule has 0 saturated carbocycles. The Morgan fingerprint density at radius 1 is 1.15 bits per heavy atom. The van der Waals surface area contributed by atoms with Crippen LogP contribution in [0.5, 0.6) is 17.6 Å². The molecule has 0 bridgehead atoms. The van der Waals surface area contributed by atoms with Crippen LogP contribution < -0.4 is 29.3 Å². The average Bonchev–Trinajstić information content (AvgIpc) is 3.36. The number of nitro groups is 1. The van der Waals surface area contributed by atoms with Gasteiger partial charge in [0, 0.05) is 61.7 Å². The number of imidazole rings is 1. The van der Waals surface area contributed by atoms with E-state index < -0.39 is 11.3 Å². The molecule has 13 nitrogen and oxygen atoms in total. The first-order valence-electron chi connectivity index (χ1n) is 12.0. The molecule has 2 aliphatic rings. The lowest BCUT2D eigenvalue weighted by atomic mass is 10.2. The molecule has 0 amide bonds. The summed E-state index contributed by atoms with van der Waals surface area (Å²) in [6.07, 6.45) is -1.68. The zero-order valence-electron chi connectivity index (χ0n) is 20.8. The summed E-state index contributed by atoms with van der Waals surface area (Å²) >= 11 is 0. The van der Waals surface area contributed by atoms with Crippen molar-refractivity contribution < 1.29 is 32.3 Å². The summed E-state index contributed by atoms with van der Waals surface area (Å²) in [4.78, 5) is 27.4. The second-order valence-electron chi connectivity index (χ2n) is 8.90. The van der Waals surface area contributed by atoms with Crippen LogP contribution in [0.15, 0.2) is 36.7 Å². The predicted molar refractivity (Wildman–Crippen MR) is 131 cm³/mol. The van der Waals surface area contributed by atoms with Crippen molar-refractivity contribution in [3.05, 3.63) is 52.3 Å². The van der Waals surface area contributed by atoms with Crippen molar-refractivity contribution in [3.8, 4) is 17.6 Å². The predicted octanol–water partition coefficient (Wildman–Crippen LogP) is 2.37. The van der Waals surface area contributed by atoms with Crippen LogP contribution in [-0.4, -0.2) is 76.7 Å². The van der Waals surface area contributed by atoms with Gasteiger partial charge in [-0.05, 0) is 29.2 Å². The molecule has 1 fully saturated rings. The van der Waals surface area contributed by atoms with Crippen LogP contribution in [-0.2, 0) is 13.1 Å². The maximum absolute atomic E-state index is 12.4. The van der Waals surface area contributed by atoms with E-state index in [9.17, 15) is 23.3 Å². The highest BCUT2D eigenvalue weighted by atomic mass is 19.4. The molecule has 2 aliphatic heterocycles. The van der Waals surface area contributed by atoms with Crippen molar-refractivity contribution in [2.24, 2.45) is 0 Å². The molecule has 0 aliphatic carbocycles. The van der Waals surface area contributed by atoms with E-state index in [1.807, 2.05) is 4.90 Å². The standard InChI is InChI=1S/C23H25F3N8O5/c1-37-20-15(10-27-16-12-33-13-19(34(35)36)29-22(33)38-14-16)11-28-21(30-20)32-8-6-31(7-9-32)17-2-4-18(5-3-17)39-23(24,25)26/h2-5,11,13,16,27H,6-10,12,14H2,1H3/t16-/m0/s1. The maximum Gasteiger partial charge on any atom is 0.573 e. The van der Waals surface area contributed by atoms with Gasteiger partial charge in [-0.1, -0.05) is 0 Å². The van der Waals surface area contributed by atoms with Gasteiger partial charge < -0.3 is 39.4 Å². The van der Waals surface area contributed by atoms with E-state index in [1.54, 1.807) is 22.9 Å². The Labute approximate surface area is 220 Å². The first-order chi connectivity index (χ1) is 18.7. The van der Waals surface area contributed by atoms with Crippen LogP contribution in [0.1, 0.15) is 5.56 Å². The van der Waals surface area contributed by atoms with E-state index in [0.29, 0.717) is 57.7 Å². The van der Waals surface area contributed by atoms with Gasteiger partial charge in [0.1, 0.15) is 18.6 Å². The minimum absolute atomic E-state index is 0.113. The fourth-order valence-corrected chi connectivity index (χ4v) is 4.42. The van der Waals surface area contributed by atoms with Gasteiger partial charge in [-0.2, -0.15) is 4.98 Å². The van der Waals surface area contributed by atoms with Gasteiger partial charge >= 0.3 is 18.2 Å². The fourth-order valence-electron chi connectivity index (χ4n) is 4.42. The molecule has 208 valence electrons. The van der Waals surface area contributed by atoms with Crippen LogP contribution in [0.25, 0.3) is 0 Å². The molecule has 0 radical (unpaired) electrons. The van der Waals surface area contributed by atoms with Gasteiger partial charge in [0.2, 0.25) is 11.8 Å². The lowest BCUT2D eigenvalue weighted by Crippen LogP contribution is -2.47. The smallest absolute Gasteiger partial charge is 0.481 e. The molecule has 1 atom stereocenters. The third-order valence-electron chi connectivity index (χ3n) is 6.33. The van der Waals surface area contributed by atoms with Gasteiger partial charge in [0.05, 0.1) is 13.2 Å². The SMILES string of the molecule is COc1nc(N2CCN(c3ccc(OC(F)(F)F)cc3)CC2)ncc1CN[C@@H]1COc2nc([N+](=O)[O-])cn2C1. The number of methoxy groups -OCH3 is 1. The Hall–Kier alpha value is -4.34. The van der Waals surface area contributed by atoms with E-state index in [0.717, 1.165) is 11.3 Å². The Bertz CT molecular complexity index is 1310. The Morgan fingerprint density at radius 3 is 2.54 bits per heavy atom. The van der Waals surface area contributed by atoms with Crippen LogP contribution in [0, 0.1) is 10.1 Å². The largest absolute Gasteiger partial charge is 0.573 e. The number of aromatic nitrogens is 4. The Balaban J connectivity index is 1.15. The van der Waals surface area contributed by atoms with Gasteiger partial charge in [0.25, 0.3) is 0 Å². The average molecular weight is 550 g/mol. The number of ether oxygens (including phenoxy) is 3. The molecule has 39 heavy (non-hydrogen) atoms. The topological polar surface area (TPSA) is 133 Å². The summed E-state index contributed by atoms with van der Waals surface area (Å²) in [6, 6.07) is 5.91. The minimum atomic E-state index is -4.72. The number of nitrogens with zero attached hydrogens (tertiary/aromatic N) is 7. The summed E-state index contributed by atoms with van der Waals surface area (Å²) < 4.78 is 53.7. The van der Waals surface area contributed by atoms with Crippen molar-refractivity contribution in [1.29, 1.82) is 0 Å². The molecule has 1 N–H and O–H groups in total. The van der Waals surface area contributed by atoms with Gasteiger partial charge in [0.15, 0.2) is 0 Å². The van der Waals surface area contributed by atoms with E-state index in [2.05, 4.69) is 29.9 Å². The van der Waals surface area contributed by atoms with Gasteiger partial charge in [-0.25, -0.2) is 4.98 Å². The van der Waals surface area contributed by atoms with Crippen LogP contribution in [0.4, 0.5) is 30.6 Å². The van der Waals surface area contributed by atoms with Crippen molar-refractivity contribution in [1.82, 2.24) is 24.8 Å². The highest BCUT2D eigenvalue weighted by Crippen LogP contribution is 2.27. The van der Waals surface area contributed by atoms with Crippen molar-refractivity contribution >= 4 is 17.5 Å². The van der Waals surface area contributed by atoms with Crippen LogP contribution in [0.2, 0.25) is 0 Å². The van der Waals surface area contributed by atoms with Crippen LogP contribution in [0.3, 0.4) is 0 Å². The third-order valence-corrected chi connectivity index (χ3v) is 6.33.